The molecular formula is C25H19Cl2NO4. The van der Waals surface area contributed by atoms with Gasteiger partial charge in [0.15, 0.2) is 17.2 Å². The summed E-state index contributed by atoms with van der Waals surface area (Å²) in [5, 5.41) is 0.832. The first-order valence-electron chi connectivity index (χ1n) is 9.77. The number of aliphatic imine (C=N–C) groups is 1. The predicted molar refractivity (Wildman–Crippen MR) is 126 cm³/mol. The highest BCUT2D eigenvalue weighted by Gasteiger charge is 2.25. The Morgan fingerprint density at radius 1 is 1.03 bits per heavy atom. The lowest BCUT2D eigenvalue weighted by Gasteiger charge is -2.12. The number of methoxy groups -OCH3 is 1. The number of cyclic esters (lactones) is 1. The number of halogens is 2. The van der Waals surface area contributed by atoms with Gasteiger partial charge in [0.1, 0.15) is 6.61 Å². The second kappa shape index (κ2) is 9.47. The molecule has 0 aromatic heterocycles. The van der Waals surface area contributed by atoms with Crippen LogP contribution in [0.1, 0.15) is 22.3 Å². The standard InChI is InChI=1S/C25H19Cl2NO4/c1-15-4-3-5-17(10-15)14-31-22-9-6-16(12-23(22)30-2)11-21-25(29)32-24(28-21)19-8-7-18(26)13-20(19)27/h3-13H,14H2,1-2H3/b21-11-. The van der Waals surface area contributed by atoms with Crippen molar-refractivity contribution in [2.75, 3.05) is 7.11 Å². The van der Waals surface area contributed by atoms with Crippen molar-refractivity contribution in [3.8, 4) is 11.5 Å². The average Bonchev–Trinajstić information content (AvgIpc) is 3.12. The molecule has 0 fully saturated rings. The molecule has 0 saturated heterocycles. The van der Waals surface area contributed by atoms with E-state index in [1.165, 1.54) is 5.56 Å². The Kier molecular flexibility index (Phi) is 6.49. The van der Waals surface area contributed by atoms with Crippen LogP contribution < -0.4 is 9.47 Å². The monoisotopic (exact) mass is 467 g/mol. The van der Waals surface area contributed by atoms with Gasteiger partial charge >= 0.3 is 5.97 Å². The smallest absolute Gasteiger partial charge is 0.363 e. The molecule has 0 atom stereocenters. The van der Waals surface area contributed by atoms with E-state index in [0.717, 1.165) is 5.56 Å². The van der Waals surface area contributed by atoms with Gasteiger partial charge in [-0.1, -0.05) is 59.1 Å². The molecule has 0 bridgehead atoms. The average molecular weight is 468 g/mol. The van der Waals surface area contributed by atoms with Crippen LogP contribution in [-0.2, 0) is 16.1 Å². The Morgan fingerprint density at radius 3 is 2.62 bits per heavy atom. The third kappa shape index (κ3) is 4.96. The Balaban J connectivity index is 1.55. The van der Waals surface area contributed by atoms with E-state index in [4.69, 9.17) is 37.4 Å². The van der Waals surface area contributed by atoms with Crippen molar-refractivity contribution < 1.29 is 19.0 Å². The Bertz CT molecular complexity index is 1250. The van der Waals surface area contributed by atoms with Crippen LogP contribution in [0, 0.1) is 6.92 Å². The van der Waals surface area contributed by atoms with Crippen molar-refractivity contribution in [1.29, 1.82) is 0 Å². The molecule has 32 heavy (non-hydrogen) atoms. The molecule has 4 rings (SSSR count). The van der Waals surface area contributed by atoms with Crippen LogP contribution in [0.3, 0.4) is 0 Å². The fourth-order valence-corrected chi connectivity index (χ4v) is 3.69. The molecule has 1 heterocycles. The summed E-state index contributed by atoms with van der Waals surface area (Å²) in [4.78, 5) is 16.6. The van der Waals surface area contributed by atoms with Crippen molar-refractivity contribution in [3.05, 3.63) is 98.7 Å². The second-order valence-corrected chi connectivity index (χ2v) is 7.99. The number of rotatable bonds is 6. The molecule has 5 nitrogen and oxygen atoms in total. The summed E-state index contributed by atoms with van der Waals surface area (Å²) in [5.74, 6) is 0.711. The number of aryl methyl sites for hydroxylation is 1. The summed E-state index contributed by atoms with van der Waals surface area (Å²) in [5.41, 5.74) is 3.59. The van der Waals surface area contributed by atoms with E-state index in [0.29, 0.717) is 39.3 Å². The number of nitrogens with zero attached hydrogens (tertiary/aromatic N) is 1. The normalized spacial score (nSPS) is 14.3. The summed E-state index contributed by atoms with van der Waals surface area (Å²) >= 11 is 12.1. The van der Waals surface area contributed by atoms with E-state index in [9.17, 15) is 4.79 Å². The van der Waals surface area contributed by atoms with Gasteiger partial charge in [0.25, 0.3) is 0 Å². The Labute approximate surface area is 195 Å². The van der Waals surface area contributed by atoms with Gasteiger partial charge in [-0.15, -0.1) is 0 Å². The first-order chi connectivity index (χ1) is 15.4. The van der Waals surface area contributed by atoms with Crippen molar-refractivity contribution in [2.45, 2.75) is 13.5 Å². The number of carbonyl (C=O) groups is 1. The van der Waals surface area contributed by atoms with E-state index in [2.05, 4.69) is 11.1 Å². The molecule has 3 aromatic rings. The molecule has 1 aliphatic heterocycles. The molecule has 0 saturated carbocycles. The first-order valence-corrected chi connectivity index (χ1v) is 10.5. The number of hydrogen-bond donors (Lipinski definition) is 0. The lowest BCUT2D eigenvalue weighted by molar-refractivity contribution is -0.129. The molecule has 7 heteroatoms. The maximum atomic E-state index is 12.3. The van der Waals surface area contributed by atoms with Crippen LogP contribution in [0.4, 0.5) is 0 Å². The van der Waals surface area contributed by atoms with E-state index < -0.39 is 5.97 Å². The van der Waals surface area contributed by atoms with Crippen molar-refractivity contribution >= 4 is 41.1 Å². The summed E-state index contributed by atoms with van der Waals surface area (Å²) in [6, 6.07) is 18.4. The quantitative estimate of drug-likeness (QED) is 0.318. The highest BCUT2D eigenvalue weighted by Crippen LogP contribution is 2.31. The zero-order valence-corrected chi connectivity index (χ0v) is 18.9. The summed E-state index contributed by atoms with van der Waals surface area (Å²) in [6.07, 6.45) is 1.62. The SMILES string of the molecule is COc1cc(/C=C2\N=C(c3ccc(Cl)cc3Cl)OC2=O)ccc1OCc1cccc(C)c1. The van der Waals surface area contributed by atoms with Gasteiger partial charge in [-0.2, -0.15) is 0 Å². The Morgan fingerprint density at radius 2 is 1.88 bits per heavy atom. The molecule has 0 unspecified atom stereocenters. The molecular weight excluding hydrogens is 449 g/mol. The third-order valence-corrected chi connectivity index (χ3v) is 5.30. The third-order valence-electron chi connectivity index (χ3n) is 4.75. The van der Waals surface area contributed by atoms with Gasteiger partial charge in [-0.3, -0.25) is 0 Å². The first kappa shape index (κ1) is 21.9. The van der Waals surface area contributed by atoms with Gasteiger partial charge < -0.3 is 14.2 Å². The van der Waals surface area contributed by atoms with Gasteiger partial charge in [0.05, 0.1) is 17.7 Å². The lowest BCUT2D eigenvalue weighted by atomic mass is 10.1. The fourth-order valence-electron chi connectivity index (χ4n) is 3.20. The molecule has 0 N–H and O–H groups in total. The molecule has 0 amide bonds. The van der Waals surface area contributed by atoms with Crippen LogP contribution >= 0.6 is 23.2 Å². The predicted octanol–water partition coefficient (Wildman–Crippen LogP) is 6.23. The molecule has 0 spiro atoms. The van der Waals surface area contributed by atoms with Crippen molar-refractivity contribution in [3.63, 3.8) is 0 Å². The van der Waals surface area contributed by atoms with Gasteiger partial charge in [0.2, 0.25) is 5.90 Å². The van der Waals surface area contributed by atoms with Gasteiger partial charge in [0, 0.05) is 5.02 Å². The number of hydrogen-bond acceptors (Lipinski definition) is 5. The molecule has 0 aliphatic carbocycles. The number of esters is 1. The van der Waals surface area contributed by atoms with Gasteiger partial charge in [-0.25, -0.2) is 9.79 Å². The lowest BCUT2D eigenvalue weighted by Crippen LogP contribution is -2.05. The van der Waals surface area contributed by atoms with Crippen LogP contribution in [0.2, 0.25) is 10.0 Å². The van der Waals surface area contributed by atoms with Crippen LogP contribution in [0.5, 0.6) is 11.5 Å². The zero-order chi connectivity index (χ0) is 22.7. The second-order valence-electron chi connectivity index (χ2n) is 7.15. The van der Waals surface area contributed by atoms with E-state index in [1.54, 1.807) is 43.5 Å². The highest BCUT2D eigenvalue weighted by molar-refractivity contribution is 6.37. The van der Waals surface area contributed by atoms with Crippen LogP contribution in [0.15, 0.2) is 71.4 Å². The molecule has 1 aliphatic rings. The molecule has 162 valence electrons. The minimum Gasteiger partial charge on any atom is -0.493 e. The minimum absolute atomic E-state index is 0.132. The van der Waals surface area contributed by atoms with Crippen molar-refractivity contribution in [2.24, 2.45) is 4.99 Å². The van der Waals surface area contributed by atoms with Gasteiger partial charge in [-0.05, 0) is 54.5 Å². The molecule has 0 radical (unpaired) electrons. The van der Waals surface area contributed by atoms with E-state index in [1.807, 2.05) is 31.2 Å². The van der Waals surface area contributed by atoms with Crippen LogP contribution in [0.25, 0.3) is 6.08 Å². The summed E-state index contributed by atoms with van der Waals surface area (Å²) in [7, 11) is 1.56. The summed E-state index contributed by atoms with van der Waals surface area (Å²) < 4.78 is 16.7. The topological polar surface area (TPSA) is 57.1 Å². The maximum Gasteiger partial charge on any atom is 0.363 e. The highest BCUT2D eigenvalue weighted by atomic mass is 35.5. The summed E-state index contributed by atoms with van der Waals surface area (Å²) in [6.45, 7) is 2.45. The Hall–Kier alpha value is -3.28. The molecule has 3 aromatic carbocycles. The number of carbonyl (C=O) groups excluding carboxylic acids is 1. The van der Waals surface area contributed by atoms with E-state index in [-0.39, 0.29) is 11.6 Å². The zero-order valence-electron chi connectivity index (χ0n) is 17.4. The fraction of sp³-hybridized carbons (Fsp3) is 0.120. The number of ether oxygens (including phenoxy) is 3. The largest absolute Gasteiger partial charge is 0.493 e. The maximum absolute atomic E-state index is 12.3. The minimum atomic E-state index is -0.565. The van der Waals surface area contributed by atoms with Crippen molar-refractivity contribution in [1.82, 2.24) is 0 Å². The number of benzene rings is 3. The van der Waals surface area contributed by atoms with Crippen LogP contribution in [-0.4, -0.2) is 19.0 Å². The van der Waals surface area contributed by atoms with E-state index >= 15 is 0 Å².